The van der Waals surface area contributed by atoms with E-state index in [1.807, 2.05) is 0 Å². The fourth-order valence-corrected chi connectivity index (χ4v) is 3.28. The van der Waals surface area contributed by atoms with E-state index in [4.69, 9.17) is 4.74 Å². The lowest BCUT2D eigenvalue weighted by atomic mass is 9.80. The van der Waals surface area contributed by atoms with E-state index in [9.17, 15) is 0 Å². The zero-order chi connectivity index (χ0) is 10.7. The van der Waals surface area contributed by atoms with Gasteiger partial charge in [-0.3, -0.25) is 0 Å². The molecule has 2 unspecified atom stereocenters. The Morgan fingerprint density at radius 3 is 2.07 bits per heavy atom. The Balaban J connectivity index is 1.77. The Labute approximate surface area is 93.8 Å². The Hall–Kier alpha value is -0.0800. The van der Waals surface area contributed by atoms with Crippen LogP contribution in [0.1, 0.15) is 46.0 Å². The van der Waals surface area contributed by atoms with Crippen LogP contribution < -0.4 is 5.32 Å². The lowest BCUT2D eigenvalue weighted by Gasteiger charge is -2.35. The molecule has 0 radical (unpaired) electrons. The Morgan fingerprint density at radius 2 is 1.47 bits per heavy atom. The number of rotatable bonds is 2. The van der Waals surface area contributed by atoms with Gasteiger partial charge in [0.1, 0.15) is 0 Å². The van der Waals surface area contributed by atoms with Crippen molar-refractivity contribution >= 4 is 0 Å². The molecular formula is C13H25NO. The van der Waals surface area contributed by atoms with E-state index < -0.39 is 0 Å². The topological polar surface area (TPSA) is 21.3 Å². The minimum absolute atomic E-state index is 0.723. The summed E-state index contributed by atoms with van der Waals surface area (Å²) >= 11 is 0. The maximum absolute atomic E-state index is 5.39. The van der Waals surface area contributed by atoms with Crippen LogP contribution in [0.5, 0.6) is 0 Å². The van der Waals surface area contributed by atoms with Crippen molar-refractivity contribution in [3.05, 3.63) is 0 Å². The normalized spacial score (nSPS) is 39.2. The minimum Gasteiger partial charge on any atom is -0.381 e. The molecule has 1 aliphatic heterocycles. The predicted molar refractivity (Wildman–Crippen MR) is 62.9 cm³/mol. The average molecular weight is 211 g/mol. The van der Waals surface area contributed by atoms with Crippen LogP contribution in [-0.4, -0.2) is 25.3 Å². The van der Waals surface area contributed by atoms with E-state index in [-0.39, 0.29) is 0 Å². The molecular weight excluding hydrogens is 186 g/mol. The molecule has 2 rings (SSSR count). The minimum atomic E-state index is 0.723. The predicted octanol–water partition coefficient (Wildman–Crippen LogP) is 2.58. The summed E-state index contributed by atoms with van der Waals surface area (Å²) in [6.07, 6.45) is 6.59. The van der Waals surface area contributed by atoms with Gasteiger partial charge < -0.3 is 10.1 Å². The highest BCUT2D eigenvalue weighted by Gasteiger charge is 2.26. The first-order chi connectivity index (χ1) is 7.24. The Bertz CT molecular complexity index is 179. The second-order valence-corrected chi connectivity index (χ2v) is 5.67. The molecule has 0 aromatic rings. The molecule has 1 aliphatic carbocycles. The highest BCUT2D eigenvalue weighted by atomic mass is 16.5. The smallest absolute Gasteiger partial charge is 0.0480 e. The van der Waals surface area contributed by atoms with Gasteiger partial charge in [-0.15, -0.1) is 0 Å². The third-order valence-electron chi connectivity index (χ3n) is 3.87. The van der Waals surface area contributed by atoms with Gasteiger partial charge >= 0.3 is 0 Å². The molecule has 0 aromatic carbocycles. The van der Waals surface area contributed by atoms with Gasteiger partial charge in [0, 0.05) is 25.3 Å². The lowest BCUT2D eigenvalue weighted by Crippen LogP contribution is -2.44. The fourth-order valence-electron chi connectivity index (χ4n) is 3.28. The van der Waals surface area contributed by atoms with Gasteiger partial charge in [-0.1, -0.05) is 13.8 Å². The molecule has 0 spiro atoms. The molecule has 2 fully saturated rings. The van der Waals surface area contributed by atoms with E-state index in [0.717, 1.165) is 37.1 Å². The zero-order valence-electron chi connectivity index (χ0n) is 10.2. The molecule has 0 aromatic heterocycles. The first-order valence-electron chi connectivity index (χ1n) is 6.58. The third kappa shape index (κ3) is 3.46. The van der Waals surface area contributed by atoms with Gasteiger partial charge in [-0.05, 0) is 43.9 Å². The van der Waals surface area contributed by atoms with E-state index in [1.54, 1.807) is 0 Å². The highest BCUT2D eigenvalue weighted by molar-refractivity contribution is 4.83. The van der Waals surface area contributed by atoms with Gasteiger partial charge in [0.25, 0.3) is 0 Å². The lowest BCUT2D eigenvalue weighted by molar-refractivity contribution is 0.0703. The summed E-state index contributed by atoms with van der Waals surface area (Å²) in [5, 5.41) is 3.84. The Morgan fingerprint density at radius 1 is 0.867 bits per heavy atom. The van der Waals surface area contributed by atoms with Crippen molar-refractivity contribution in [1.29, 1.82) is 0 Å². The van der Waals surface area contributed by atoms with Gasteiger partial charge in [0.05, 0.1) is 0 Å². The fraction of sp³-hybridized carbons (Fsp3) is 1.00. The van der Waals surface area contributed by atoms with Crippen molar-refractivity contribution in [2.45, 2.75) is 58.0 Å². The van der Waals surface area contributed by atoms with Crippen LogP contribution in [0.25, 0.3) is 0 Å². The van der Waals surface area contributed by atoms with Gasteiger partial charge in [0.15, 0.2) is 0 Å². The van der Waals surface area contributed by atoms with Crippen molar-refractivity contribution in [2.75, 3.05) is 13.2 Å². The monoisotopic (exact) mass is 211 g/mol. The third-order valence-corrected chi connectivity index (χ3v) is 3.87. The largest absolute Gasteiger partial charge is 0.381 e. The summed E-state index contributed by atoms with van der Waals surface area (Å²) in [7, 11) is 0. The molecule has 2 atom stereocenters. The molecule has 88 valence electrons. The summed E-state index contributed by atoms with van der Waals surface area (Å²) < 4.78 is 5.39. The molecule has 2 heteroatoms. The van der Waals surface area contributed by atoms with Crippen LogP contribution in [0.2, 0.25) is 0 Å². The molecule has 1 heterocycles. The maximum atomic E-state index is 5.39. The van der Waals surface area contributed by atoms with Crippen molar-refractivity contribution in [3.8, 4) is 0 Å². The summed E-state index contributed by atoms with van der Waals surface area (Å²) in [5.74, 6) is 1.82. The molecule has 2 aliphatic rings. The van der Waals surface area contributed by atoms with Crippen LogP contribution in [0.15, 0.2) is 0 Å². The quantitative estimate of drug-likeness (QED) is 0.758. The number of hydrogen-bond acceptors (Lipinski definition) is 2. The first kappa shape index (κ1) is 11.4. The van der Waals surface area contributed by atoms with Crippen LogP contribution in [0, 0.1) is 11.8 Å². The van der Waals surface area contributed by atoms with Crippen LogP contribution >= 0.6 is 0 Å². The summed E-state index contributed by atoms with van der Waals surface area (Å²) in [4.78, 5) is 0. The van der Waals surface area contributed by atoms with Gasteiger partial charge in [0.2, 0.25) is 0 Å². The van der Waals surface area contributed by atoms with Crippen LogP contribution in [-0.2, 0) is 4.74 Å². The molecule has 1 N–H and O–H groups in total. The molecule has 1 saturated carbocycles. The van der Waals surface area contributed by atoms with E-state index >= 15 is 0 Å². The van der Waals surface area contributed by atoms with E-state index in [1.165, 1.54) is 32.1 Å². The summed E-state index contributed by atoms with van der Waals surface area (Å²) in [5.41, 5.74) is 0. The molecule has 2 nitrogen and oxygen atoms in total. The van der Waals surface area contributed by atoms with Gasteiger partial charge in [-0.25, -0.2) is 0 Å². The molecule has 15 heavy (non-hydrogen) atoms. The van der Waals surface area contributed by atoms with E-state index in [2.05, 4.69) is 19.2 Å². The van der Waals surface area contributed by atoms with Crippen LogP contribution in [0.3, 0.4) is 0 Å². The number of hydrogen-bond donors (Lipinski definition) is 1. The SMILES string of the molecule is CC1CC(C)CC(NC2CCOCC2)C1. The molecule has 1 saturated heterocycles. The number of nitrogens with one attached hydrogen (secondary N) is 1. The van der Waals surface area contributed by atoms with Crippen molar-refractivity contribution in [3.63, 3.8) is 0 Å². The van der Waals surface area contributed by atoms with Crippen molar-refractivity contribution < 1.29 is 4.74 Å². The highest BCUT2D eigenvalue weighted by Crippen LogP contribution is 2.29. The second kappa shape index (κ2) is 5.31. The summed E-state index contributed by atoms with van der Waals surface area (Å²) in [6, 6.07) is 1.49. The van der Waals surface area contributed by atoms with Gasteiger partial charge in [-0.2, -0.15) is 0 Å². The Kier molecular flexibility index (Phi) is 4.04. The second-order valence-electron chi connectivity index (χ2n) is 5.67. The van der Waals surface area contributed by atoms with E-state index in [0.29, 0.717) is 0 Å². The molecule has 0 bridgehead atoms. The van der Waals surface area contributed by atoms with Crippen molar-refractivity contribution in [1.82, 2.24) is 5.32 Å². The number of ether oxygens (including phenoxy) is 1. The van der Waals surface area contributed by atoms with Crippen molar-refractivity contribution in [2.24, 2.45) is 11.8 Å². The summed E-state index contributed by atoms with van der Waals surface area (Å²) in [6.45, 7) is 6.70. The van der Waals surface area contributed by atoms with Crippen LogP contribution in [0.4, 0.5) is 0 Å². The molecule has 0 amide bonds. The standard InChI is InChI=1S/C13H25NO/c1-10-7-11(2)9-13(8-10)14-12-3-5-15-6-4-12/h10-14H,3-9H2,1-2H3. The zero-order valence-corrected chi connectivity index (χ0v) is 10.2. The maximum Gasteiger partial charge on any atom is 0.0480 e. The first-order valence-corrected chi connectivity index (χ1v) is 6.58. The average Bonchev–Trinajstić information content (AvgIpc) is 2.17.